The fraction of sp³-hybridized carbons (Fsp3) is 0.659. The molecule has 1 aromatic carbocycles. The van der Waals surface area contributed by atoms with Crippen LogP contribution in [0.15, 0.2) is 41.9 Å². The fourth-order valence-corrected chi connectivity index (χ4v) is 8.52. The minimum absolute atomic E-state index is 0.0139. The van der Waals surface area contributed by atoms with Gasteiger partial charge in [0.15, 0.2) is 0 Å². The third-order valence-electron chi connectivity index (χ3n) is 11.1. The molecule has 0 saturated carbocycles. The van der Waals surface area contributed by atoms with E-state index in [9.17, 15) is 24.0 Å². The van der Waals surface area contributed by atoms with Gasteiger partial charge >= 0.3 is 0 Å². The van der Waals surface area contributed by atoms with Gasteiger partial charge in [-0.1, -0.05) is 71.4 Å². The van der Waals surface area contributed by atoms with Crippen molar-refractivity contribution in [3.8, 4) is 0 Å². The molecule has 8 atom stereocenters. The lowest BCUT2D eigenvalue weighted by atomic mass is 9.90. The third-order valence-corrected chi connectivity index (χ3v) is 12.0. The number of ether oxygens (including phenoxy) is 2. The summed E-state index contributed by atoms with van der Waals surface area (Å²) in [6.07, 6.45) is 3.29. The molecule has 56 heavy (non-hydrogen) atoms. The zero-order valence-corrected chi connectivity index (χ0v) is 35.8. The van der Waals surface area contributed by atoms with Gasteiger partial charge in [0.2, 0.25) is 29.5 Å². The number of methoxy groups -OCH3 is 2. The Labute approximate surface area is 337 Å². The van der Waals surface area contributed by atoms with Crippen molar-refractivity contribution in [1.82, 2.24) is 35.6 Å². The largest absolute Gasteiger partial charge is 0.379 e. The van der Waals surface area contributed by atoms with E-state index < -0.39 is 36.1 Å². The van der Waals surface area contributed by atoms with Gasteiger partial charge in [0, 0.05) is 46.4 Å². The summed E-state index contributed by atoms with van der Waals surface area (Å²) in [4.78, 5) is 76.8. The molecule has 1 aliphatic rings. The first-order chi connectivity index (χ1) is 26.7. The van der Waals surface area contributed by atoms with Crippen molar-refractivity contribution < 1.29 is 33.4 Å². The van der Waals surface area contributed by atoms with Crippen molar-refractivity contribution in [3.63, 3.8) is 0 Å². The summed E-state index contributed by atoms with van der Waals surface area (Å²) >= 11 is 1.49. The van der Waals surface area contributed by atoms with Gasteiger partial charge in [0.05, 0.1) is 55.8 Å². The smallest absolute Gasteiger partial charge is 0.243 e. The van der Waals surface area contributed by atoms with Crippen LogP contribution < -0.4 is 16.0 Å². The van der Waals surface area contributed by atoms with E-state index >= 15 is 0 Å². The zero-order chi connectivity index (χ0) is 41.5. The SMILES string of the molecule is CCC(C)C(C(CC(=O)N1CCC[C@H]1C(OC)C(C)C(=O)NC(Cc1ccccc1)c1nccs1)OC)N(C)C(=O)CNC(=O)C(C(C)C)N(C)C(=O)CNC. The number of hydrogen-bond acceptors (Lipinski definition) is 10. The second kappa shape index (κ2) is 22.7. The Balaban J connectivity index is 1.72. The number of aromatic nitrogens is 1. The second-order valence-electron chi connectivity index (χ2n) is 15.2. The highest BCUT2D eigenvalue weighted by molar-refractivity contribution is 7.09. The number of thiazole rings is 1. The molecule has 1 saturated heterocycles. The van der Waals surface area contributed by atoms with Crippen LogP contribution in [0.1, 0.15) is 76.9 Å². The fourth-order valence-electron chi connectivity index (χ4n) is 7.83. The number of likely N-dealkylation sites (tertiary alicyclic amines) is 1. The van der Waals surface area contributed by atoms with E-state index in [1.165, 1.54) is 16.2 Å². The lowest BCUT2D eigenvalue weighted by Crippen LogP contribution is -2.56. The van der Waals surface area contributed by atoms with Crippen molar-refractivity contribution in [2.24, 2.45) is 17.8 Å². The summed E-state index contributed by atoms with van der Waals surface area (Å²) in [6.45, 7) is 9.89. The summed E-state index contributed by atoms with van der Waals surface area (Å²) in [5.74, 6) is -2.12. The second-order valence-corrected chi connectivity index (χ2v) is 16.1. The van der Waals surface area contributed by atoms with E-state index in [0.717, 1.165) is 17.0 Å². The van der Waals surface area contributed by atoms with Crippen LogP contribution >= 0.6 is 11.3 Å². The molecule has 0 radical (unpaired) electrons. The molecule has 0 spiro atoms. The highest BCUT2D eigenvalue weighted by atomic mass is 32.1. The van der Waals surface area contributed by atoms with Crippen molar-refractivity contribution in [2.45, 2.75) is 103 Å². The first-order valence-electron chi connectivity index (χ1n) is 19.7. The molecular formula is C41H65N7O7S. The Morgan fingerprint density at radius 2 is 1.64 bits per heavy atom. The predicted molar refractivity (Wildman–Crippen MR) is 218 cm³/mol. The summed E-state index contributed by atoms with van der Waals surface area (Å²) in [5.41, 5.74) is 1.08. The molecule has 1 aliphatic heterocycles. The van der Waals surface area contributed by atoms with Gasteiger partial charge in [-0.15, -0.1) is 11.3 Å². The summed E-state index contributed by atoms with van der Waals surface area (Å²) < 4.78 is 12.0. The number of amides is 5. The monoisotopic (exact) mass is 799 g/mol. The molecule has 14 nitrogen and oxygen atoms in total. The Bertz CT molecular complexity index is 1550. The molecule has 1 aromatic heterocycles. The maximum atomic E-state index is 14.2. The van der Waals surface area contributed by atoms with Gasteiger partial charge in [0.25, 0.3) is 0 Å². The van der Waals surface area contributed by atoms with Crippen molar-refractivity contribution >= 4 is 40.9 Å². The van der Waals surface area contributed by atoms with E-state index in [0.29, 0.717) is 25.8 Å². The molecule has 3 N–H and O–H groups in total. The predicted octanol–water partition coefficient (Wildman–Crippen LogP) is 3.28. The van der Waals surface area contributed by atoms with E-state index in [-0.39, 0.29) is 67.1 Å². The maximum absolute atomic E-state index is 14.2. The van der Waals surface area contributed by atoms with Gasteiger partial charge in [0.1, 0.15) is 11.0 Å². The molecule has 5 amide bonds. The molecule has 0 aliphatic carbocycles. The van der Waals surface area contributed by atoms with Crippen LogP contribution in [0.2, 0.25) is 0 Å². The Hall–Kier alpha value is -3.92. The van der Waals surface area contributed by atoms with Gasteiger partial charge in [-0.05, 0) is 43.7 Å². The minimum Gasteiger partial charge on any atom is -0.379 e. The number of hydrogen-bond donors (Lipinski definition) is 3. The molecule has 3 rings (SSSR count). The quantitative estimate of drug-likeness (QED) is 0.162. The molecular weight excluding hydrogens is 735 g/mol. The number of benzene rings is 1. The number of nitrogens with zero attached hydrogens (tertiary/aromatic N) is 4. The molecule has 0 bridgehead atoms. The van der Waals surface area contributed by atoms with E-state index in [1.54, 1.807) is 51.4 Å². The Morgan fingerprint density at radius 3 is 2.21 bits per heavy atom. The van der Waals surface area contributed by atoms with Crippen LogP contribution in [0.3, 0.4) is 0 Å². The lowest BCUT2D eigenvalue weighted by Gasteiger charge is -2.39. The molecule has 312 valence electrons. The van der Waals surface area contributed by atoms with Gasteiger partial charge in [-0.3, -0.25) is 24.0 Å². The van der Waals surface area contributed by atoms with Crippen LogP contribution in [0.4, 0.5) is 0 Å². The first kappa shape index (κ1) is 46.5. The summed E-state index contributed by atoms with van der Waals surface area (Å²) in [6, 6.07) is 8.09. The van der Waals surface area contributed by atoms with Crippen molar-refractivity contribution in [1.29, 1.82) is 0 Å². The normalized spacial score (nSPS) is 18.0. The van der Waals surface area contributed by atoms with Crippen LogP contribution in [0.5, 0.6) is 0 Å². The highest BCUT2D eigenvalue weighted by Crippen LogP contribution is 2.30. The molecule has 15 heteroatoms. The van der Waals surface area contributed by atoms with Gasteiger partial charge < -0.3 is 40.1 Å². The Morgan fingerprint density at radius 1 is 0.964 bits per heavy atom. The van der Waals surface area contributed by atoms with Crippen LogP contribution in [-0.4, -0.2) is 135 Å². The minimum atomic E-state index is -0.754. The number of carbonyl (C=O) groups excluding carboxylic acids is 5. The van der Waals surface area contributed by atoms with Crippen LogP contribution in [0.25, 0.3) is 0 Å². The molecule has 7 unspecified atom stereocenters. The average molecular weight is 800 g/mol. The molecule has 1 fully saturated rings. The molecule has 2 aromatic rings. The number of likely N-dealkylation sites (N-methyl/N-ethyl adjacent to an activating group) is 3. The van der Waals surface area contributed by atoms with Gasteiger partial charge in [-0.25, -0.2) is 4.98 Å². The average Bonchev–Trinajstić information content (AvgIpc) is 3.90. The van der Waals surface area contributed by atoms with Gasteiger partial charge in [-0.2, -0.15) is 0 Å². The number of rotatable bonds is 22. The number of nitrogens with one attached hydrogen (secondary N) is 3. The molecule has 2 heterocycles. The zero-order valence-electron chi connectivity index (χ0n) is 34.9. The van der Waals surface area contributed by atoms with Crippen LogP contribution in [-0.2, 0) is 39.9 Å². The van der Waals surface area contributed by atoms with E-state index in [2.05, 4.69) is 20.9 Å². The topological polar surface area (TPSA) is 163 Å². The number of carbonyl (C=O) groups is 5. The van der Waals surface area contributed by atoms with Crippen molar-refractivity contribution in [3.05, 3.63) is 52.5 Å². The summed E-state index contributed by atoms with van der Waals surface area (Å²) in [7, 11) is 8.03. The highest BCUT2D eigenvalue weighted by Gasteiger charge is 2.42. The summed E-state index contributed by atoms with van der Waals surface area (Å²) in [5, 5.41) is 11.5. The third kappa shape index (κ3) is 12.3. The van der Waals surface area contributed by atoms with Crippen molar-refractivity contribution in [2.75, 3.05) is 55.0 Å². The van der Waals surface area contributed by atoms with Crippen LogP contribution in [0, 0.1) is 17.8 Å². The maximum Gasteiger partial charge on any atom is 0.243 e. The Kier molecular flexibility index (Phi) is 18.9. The first-order valence-corrected chi connectivity index (χ1v) is 20.6. The lowest BCUT2D eigenvalue weighted by molar-refractivity contribution is -0.146. The van der Waals surface area contributed by atoms with E-state index in [1.807, 2.05) is 70.3 Å². The van der Waals surface area contributed by atoms with E-state index in [4.69, 9.17) is 9.47 Å². The standard InChI is InChI=1S/C41H65N7O7S/c1-11-27(4)37(47(8)35(51)25-44-40(53)36(26(2)3)46(7)34(50)24-42-6)32(54-9)23-33(49)48-20-15-18-31(48)38(55-10)28(5)39(52)45-30(41-43-19-21-56-41)22-29-16-13-12-14-17-29/h12-14,16-17,19,21,26-28,30-32,36-38,42H,11,15,18,20,22-25H2,1-10H3,(H,44,53)(H,45,52)/t27?,28?,30?,31-,32?,36?,37?,38?/m0/s1.